The van der Waals surface area contributed by atoms with Gasteiger partial charge in [-0.3, -0.25) is 4.79 Å². The molecule has 0 aliphatic rings. The maximum absolute atomic E-state index is 12.5. The van der Waals surface area contributed by atoms with Crippen molar-refractivity contribution < 1.29 is 18.0 Å². The van der Waals surface area contributed by atoms with Crippen LogP contribution in [0.5, 0.6) is 0 Å². The molecular formula is C18H24N4O4S2. The molecule has 0 unspecified atom stereocenters. The average Bonchev–Trinajstić information content (AvgIpc) is 3.16. The lowest BCUT2D eigenvalue weighted by molar-refractivity contribution is -0.122. The van der Waals surface area contributed by atoms with E-state index in [4.69, 9.17) is 0 Å². The third-order valence-corrected chi connectivity index (χ3v) is 6.40. The SMILES string of the molecule is CNC(=O)NS(=O)(=O)c1cc(CC(=O)NC(C)(C)c2cc[nH]c2)ccc1SC. The molecule has 2 rings (SSSR count). The molecule has 0 aliphatic heterocycles. The maximum atomic E-state index is 12.5. The van der Waals surface area contributed by atoms with E-state index in [9.17, 15) is 18.0 Å². The largest absolute Gasteiger partial charge is 0.367 e. The van der Waals surface area contributed by atoms with Gasteiger partial charge >= 0.3 is 6.03 Å². The minimum absolute atomic E-state index is 0.00497. The molecule has 152 valence electrons. The predicted molar refractivity (Wildman–Crippen MR) is 109 cm³/mol. The van der Waals surface area contributed by atoms with Gasteiger partial charge in [0.2, 0.25) is 5.91 Å². The number of carbonyl (C=O) groups is 2. The lowest BCUT2D eigenvalue weighted by Crippen LogP contribution is -2.41. The monoisotopic (exact) mass is 424 g/mol. The zero-order valence-corrected chi connectivity index (χ0v) is 17.8. The number of carbonyl (C=O) groups excluding carboxylic acids is 2. The number of urea groups is 1. The zero-order valence-electron chi connectivity index (χ0n) is 16.1. The van der Waals surface area contributed by atoms with Crippen LogP contribution < -0.4 is 15.4 Å². The number of hydrogen-bond acceptors (Lipinski definition) is 5. The van der Waals surface area contributed by atoms with Gasteiger partial charge in [-0.05, 0) is 49.4 Å². The molecule has 0 bridgehead atoms. The molecule has 3 amide bonds. The second-order valence-corrected chi connectivity index (χ2v) is 9.12. The minimum atomic E-state index is -4.06. The summed E-state index contributed by atoms with van der Waals surface area (Å²) in [5.41, 5.74) is 0.875. The van der Waals surface area contributed by atoms with Gasteiger partial charge in [0.05, 0.1) is 12.0 Å². The summed E-state index contributed by atoms with van der Waals surface area (Å²) >= 11 is 1.24. The Hall–Kier alpha value is -2.46. The van der Waals surface area contributed by atoms with Gasteiger partial charge in [-0.15, -0.1) is 11.8 Å². The van der Waals surface area contributed by atoms with Crippen molar-refractivity contribution in [2.24, 2.45) is 0 Å². The van der Waals surface area contributed by atoms with Crippen LogP contribution in [-0.2, 0) is 26.8 Å². The summed E-state index contributed by atoms with van der Waals surface area (Å²) in [6.07, 6.45) is 5.33. The van der Waals surface area contributed by atoms with Crippen LogP contribution in [0.1, 0.15) is 25.0 Å². The number of sulfonamides is 1. The molecule has 0 saturated heterocycles. The molecule has 28 heavy (non-hydrogen) atoms. The third-order valence-electron chi connectivity index (χ3n) is 4.11. The van der Waals surface area contributed by atoms with Crippen LogP contribution in [0.3, 0.4) is 0 Å². The van der Waals surface area contributed by atoms with Gasteiger partial charge in [0, 0.05) is 24.3 Å². The van der Waals surface area contributed by atoms with E-state index in [1.165, 1.54) is 24.9 Å². The van der Waals surface area contributed by atoms with Gasteiger partial charge in [-0.1, -0.05) is 6.07 Å². The standard InChI is InChI=1S/C18H24N4O4S2/c1-18(2,13-7-8-20-11-13)21-16(23)10-12-5-6-14(27-4)15(9-12)28(25,26)22-17(24)19-3/h5-9,11,20H,10H2,1-4H3,(H,21,23)(H2,19,22,24). The molecule has 4 N–H and O–H groups in total. The normalized spacial score (nSPS) is 11.7. The van der Waals surface area contributed by atoms with Crippen molar-refractivity contribution in [2.45, 2.75) is 35.6 Å². The van der Waals surface area contributed by atoms with Crippen molar-refractivity contribution in [1.29, 1.82) is 0 Å². The van der Waals surface area contributed by atoms with E-state index in [0.29, 0.717) is 10.5 Å². The van der Waals surface area contributed by atoms with E-state index in [2.05, 4.69) is 15.6 Å². The summed E-state index contributed by atoms with van der Waals surface area (Å²) in [5.74, 6) is -0.245. The fraction of sp³-hybridized carbons (Fsp3) is 0.333. The molecule has 1 heterocycles. The zero-order chi connectivity index (χ0) is 20.9. The highest BCUT2D eigenvalue weighted by molar-refractivity contribution is 7.99. The number of hydrogen-bond donors (Lipinski definition) is 4. The van der Waals surface area contributed by atoms with Crippen LogP contribution >= 0.6 is 11.8 Å². The Morgan fingerprint density at radius 3 is 2.50 bits per heavy atom. The second kappa shape index (κ2) is 8.70. The van der Waals surface area contributed by atoms with Crippen LogP contribution in [0, 0.1) is 0 Å². The molecule has 2 aromatic rings. The molecule has 1 aromatic heterocycles. The fourth-order valence-electron chi connectivity index (χ4n) is 2.63. The Morgan fingerprint density at radius 2 is 1.93 bits per heavy atom. The van der Waals surface area contributed by atoms with E-state index in [1.54, 1.807) is 24.6 Å². The van der Waals surface area contributed by atoms with Gasteiger partial charge in [0.15, 0.2) is 0 Å². The smallest absolute Gasteiger partial charge is 0.328 e. The Balaban J connectivity index is 2.23. The lowest BCUT2D eigenvalue weighted by Gasteiger charge is -2.25. The molecular weight excluding hydrogens is 400 g/mol. The number of H-pyrrole nitrogens is 1. The Labute approximate surface area is 168 Å². The van der Waals surface area contributed by atoms with Crippen molar-refractivity contribution in [3.63, 3.8) is 0 Å². The number of nitrogens with one attached hydrogen (secondary N) is 4. The number of amides is 3. The van der Waals surface area contributed by atoms with Crippen molar-refractivity contribution in [3.05, 3.63) is 47.8 Å². The van der Waals surface area contributed by atoms with Crippen molar-refractivity contribution in [2.75, 3.05) is 13.3 Å². The number of benzene rings is 1. The Bertz CT molecular complexity index is 954. The number of thioether (sulfide) groups is 1. The molecule has 0 spiro atoms. The van der Waals surface area contributed by atoms with Crippen molar-refractivity contribution in [3.8, 4) is 0 Å². The van der Waals surface area contributed by atoms with E-state index in [1.807, 2.05) is 30.8 Å². The van der Waals surface area contributed by atoms with E-state index in [-0.39, 0.29) is 17.2 Å². The van der Waals surface area contributed by atoms with Crippen LogP contribution in [0.4, 0.5) is 4.79 Å². The molecule has 0 aliphatic carbocycles. The van der Waals surface area contributed by atoms with Gasteiger partial charge in [0.1, 0.15) is 4.90 Å². The van der Waals surface area contributed by atoms with Crippen molar-refractivity contribution >= 4 is 33.7 Å². The fourth-order valence-corrected chi connectivity index (χ4v) is 4.77. The van der Waals surface area contributed by atoms with E-state index in [0.717, 1.165) is 5.56 Å². The molecule has 0 atom stereocenters. The number of aromatic nitrogens is 1. The Kier molecular flexibility index (Phi) is 6.78. The highest BCUT2D eigenvalue weighted by atomic mass is 32.2. The first-order chi connectivity index (χ1) is 13.1. The first-order valence-corrected chi connectivity index (χ1v) is 11.2. The van der Waals surface area contributed by atoms with Gasteiger partial charge < -0.3 is 15.6 Å². The van der Waals surface area contributed by atoms with Gasteiger partial charge in [0.25, 0.3) is 10.0 Å². The summed E-state index contributed by atoms with van der Waals surface area (Å²) in [6.45, 7) is 3.77. The summed E-state index contributed by atoms with van der Waals surface area (Å²) in [5, 5.41) is 5.15. The number of aromatic amines is 1. The van der Waals surface area contributed by atoms with E-state index < -0.39 is 21.6 Å². The van der Waals surface area contributed by atoms with Crippen LogP contribution in [0.25, 0.3) is 0 Å². The van der Waals surface area contributed by atoms with E-state index >= 15 is 0 Å². The quantitative estimate of drug-likeness (QED) is 0.507. The predicted octanol–water partition coefficient (Wildman–Crippen LogP) is 1.95. The second-order valence-electron chi connectivity index (χ2n) is 6.62. The highest BCUT2D eigenvalue weighted by Crippen LogP contribution is 2.26. The molecule has 8 nitrogen and oxygen atoms in total. The third kappa shape index (κ3) is 5.29. The van der Waals surface area contributed by atoms with Crippen LogP contribution in [0.15, 0.2) is 46.5 Å². The molecule has 10 heteroatoms. The summed E-state index contributed by atoms with van der Waals surface area (Å²) in [4.78, 5) is 27.4. The van der Waals surface area contributed by atoms with Gasteiger partial charge in [-0.25, -0.2) is 17.9 Å². The maximum Gasteiger partial charge on any atom is 0.328 e. The first-order valence-electron chi connectivity index (χ1n) is 8.45. The molecule has 0 radical (unpaired) electrons. The van der Waals surface area contributed by atoms with Crippen LogP contribution in [-0.4, -0.2) is 38.6 Å². The molecule has 0 saturated carbocycles. The minimum Gasteiger partial charge on any atom is -0.367 e. The Morgan fingerprint density at radius 1 is 1.21 bits per heavy atom. The first kappa shape index (κ1) is 21.8. The molecule has 1 aromatic carbocycles. The van der Waals surface area contributed by atoms with Gasteiger partial charge in [-0.2, -0.15) is 0 Å². The van der Waals surface area contributed by atoms with Crippen molar-refractivity contribution in [1.82, 2.24) is 20.3 Å². The summed E-state index contributed by atoms with van der Waals surface area (Å²) in [7, 11) is -2.74. The highest BCUT2D eigenvalue weighted by Gasteiger charge is 2.25. The molecule has 0 fully saturated rings. The lowest BCUT2D eigenvalue weighted by atomic mass is 9.96. The summed E-state index contributed by atoms with van der Waals surface area (Å²) in [6, 6.07) is 5.79. The topological polar surface area (TPSA) is 120 Å². The summed E-state index contributed by atoms with van der Waals surface area (Å²) < 4.78 is 27.0. The van der Waals surface area contributed by atoms with Crippen LogP contribution in [0.2, 0.25) is 0 Å². The average molecular weight is 425 g/mol. The number of rotatable bonds is 7.